The van der Waals surface area contributed by atoms with Crippen LogP contribution in [0.1, 0.15) is 195 Å². The maximum absolute atomic E-state index is 2.50. The Morgan fingerprint density at radius 3 is 0.812 bits per heavy atom. The predicted molar refractivity (Wildman–Crippen MR) is 150 cm³/mol. The SMILES string of the molecule is CCCCCCCCCCCCCCC(C)CCCCCCCCCCCC(C)CCC. The third-order valence-electron chi connectivity index (χ3n) is 7.73. The van der Waals surface area contributed by atoms with Crippen LogP contribution in [-0.2, 0) is 0 Å². The molecule has 0 nitrogen and oxygen atoms in total. The van der Waals surface area contributed by atoms with Crippen molar-refractivity contribution in [3.05, 3.63) is 0 Å². The lowest BCUT2D eigenvalue weighted by atomic mass is 9.95. The number of hydrogen-bond acceptors (Lipinski definition) is 0. The molecule has 0 aromatic heterocycles. The highest BCUT2D eigenvalue weighted by Crippen LogP contribution is 2.20. The zero-order valence-electron chi connectivity index (χ0n) is 23.5. The first-order valence-electron chi connectivity index (χ1n) is 15.7. The summed E-state index contributed by atoms with van der Waals surface area (Å²) >= 11 is 0. The Hall–Kier alpha value is 0. The Morgan fingerprint density at radius 2 is 0.531 bits per heavy atom. The summed E-state index contributed by atoms with van der Waals surface area (Å²) in [6, 6.07) is 0. The minimum atomic E-state index is 0.960. The molecule has 32 heavy (non-hydrogen) atoms. The van der Waals surface area contributed by atoms with Gasteiger partial charge in [-0.05, 0) is 11.8 Å². The van der Waals surface area contributed by atoms with E-state index in [4.69, 9.17) is 0 Å². The standard InChI is InChI=1S/C32H66/c1-5-7-8-9-10-11-12-13-15-19-22-25-29-32(4)30-26-23-20-17-14-16-18-21-24-28-31(3)27-6-2/h31-32H,5-30H2,1-4H3. The lowest BCUT2D eigenvalue weighted by Gasteiger charge is -2.11. The van der Waals surface area contributed by atoms with Crippen molar-refractivity contribution in [3.63, 3.8) is 0 Å². The fourth-order valence-corrected chi connectivity index (χ4v) is 5.34. The third-order valence-corrected chi connectivity index (χ3v) is 7.73. The highest BCUT2D eigenvalue weighted by Gasteiger charge is 2.03. The van der Waals surface area contributed by atoms with Crippen LogP contribution in [0.2, 0.25) is 0 Å². The van der Waals surface area contributed by atoms with Gasteiger partial charge in [0.15, 0.2) is 0 Å². The summed E-state index contributed by atoms with van der Waals surface area (Å²) in [4.78, 5) is 0. The van der Waals surface area contributed by atoms with Gasteiger partial charge in [0.2, 0.25) is 0 Å². The van der Waals surface area contributed by atoms with Crippen molar-refractivity contribution >= 4 is 0 Å². The predicted octanol–water partition coefficient (Wildman–Crippen LogP) is 12.4. The van der Waals surface area contributed by atoms with E-state index in [2.05, 4.69) is 27.7 Å². The van der Waals surface area contributed by atoms with Crippen LogP contribution in [0.4, 0.5) is 0 Å². The quantitative estimate of drug-likeness (QED) is 0.109. The first kappa shape index (κ1) is 32.0. The molecule has 0 heteroatoms. The molecule has 0 aliphatic heterocycles. The van der Waals surface area contributed by atoms with E-state index >= 15 is 0 Å². The van der Waals surface area contributed by atoms with Crippen molar-refractivity contribution < 1.29 is 0 Å². The zero-order chi connectivity index (χ0) is 23.5. The van der Waals surface area contributed by atoms with Gasteiger partial charge in [0.25, 0.3) is 0 Å². The van der Waals surface area contributed by atoms with E-state index in [9.17, 15) is 0 Å². The summed E-state index contributed by atoms with van der Waals surface area (Å²) < 4.78 is 0. The molecule has 0 saturated carbocycles. The molecule has 2 unspecified atom stereocenters. The summed E-state index contributed by atoms with van der Waals surface area (Å²) in [6.45, 7) is 9.56. The Balaban J connectivity index is 3.17. The Morgan fingerprint density at radius 1 is 0.281 bits per heavy atom. The van der Waals surface area contributed by atoms with Gasteiger partial charge in [-0.3, -0.25) is 0 Å². The molecule has 194 valence electrons. The molecule has 0 N–H and O–H groups in total. The van der Waals surface area contributed by atoms with Crippen LogP contribution in [0.3, 0.4) is 0 Å². The number of hydrogen-bond donors (Lipinski definition) is 0. The molecule has 0 radical (unpaired) electrons. The van der Waals surface area contributed by atoms with E-state index in [1.54, 1.807) is 0 Å². The molecule has 0 spiro atoms. The molecule has 0 saturated heterocycles. The number of unbranched alkanes of at least 4 members (excludes halogenated alkanes) is 19. The van der Waals surface area contributed by atoms with E-state index in [1.807, 2.05) is 0 Å². The second-order valence-electron chi connectivity index (χ2n) is 11.4. The second-order valence-corrected chi connectivity index (χ2v) is 11.4. The average molecular weight is 451 g/mol. The molecule has 0 aliphatic rings. The minimum Gasteiger partial charge on any atom is -0.0654 e. The van der Waals surface area contributed by atoms with Crippen molar-refractivity contribution in [1.29, 1.82) is 0 Å². The normalized spacial score (nSPS) is 13.5. The fourth-order valence-electron chi connectivity index (χ4n) is 5.34. The van der Waals surface area contributed by atoms with Gasteiger partial charge in [0, 0.05) is 0 Å². The Labute approximate surface area is 206 Å². The van der Waals surface area contributed by atoms with Crippen LogP contribution in [0.5, 0.6) is 0 Å². The molecule has 0 rings (SSSR count). The highest BCUT2D eigenvalue weighted by molar-refractivity contribution is 4.57. The number of rotatable bonds is 27. The van der Waals surface area contributed by atoms with E-state index < -0.39 is 0 Å². The molecule has 0 heterocycles. The first-order valence-corrected chi connectivity index (χ1v) is 15.7. The zero-order valence-corrected chi connectivity index (χ0v) is 23.5. The molecular weight excluding hydrogens is 384 g/mol. The second kappa shape index (κ2) is 27.2. The summed E-state index contributed by atoms with van der Waals surface area (Å²) in [5.41, 5.74) is 0. The van der Waals surface area contributed by atoms with Gasteiger partial charge in [0.05, 0.1) is 0 Å². The van der Waals surface area contributed by atoms with Crippen LogP contribution >= 0.6 is 0 Å². The molecular formula is C32H66. The van der Waals surface area contributed by atoms with Crippen molar-refractivity contribution in [3.8, 4) is 0 Å². The fraction of sp³-hybridized carbons (Fsp3) is 1.00. The van der Waals surface area contributed by atoms with Crippen LogP contribution in [0.25, 0.3) is 0 Å². The molecule has 0 bridgehead atoms. The van der Waals surface area contributed by atoms with Crippen LogP contribution in [0.15, 0.2) is 0 Å². The van der Waals surface area contributed by atoms with Crippen LogP contribution in [0, 0.1) is 11.8 Å². The van der Waals surface area contributed by atoms with Gasteiger partial charge in [-0.25, -0.2) is 0 Å². The summed E-state index contributed by atoms with van der Waals surface area (Å²) in [6.07, 6.45) is 38.2. The monoisotopic (exact) mass is 451 g/mol. The summed E-state index contributed by atoms with van der Waals surface area (Å²) in [7, 11) is 0. The average Bonchev–Trinajstić information content (AvgIpc) is 2.78. The Bertz CT molecular complexity index is 320. The molecule has 0 aromatic carbocycles. The van der Waals surface area contributed by atoms with Gasteiger partial charge >= 0.3 is 0 Å². The van der Waals surface area contributed by atoms with Crippen molar-refractivity contribution in [2.45, 2.75) is 195 Å². The maximum atomic E-state index is 2.50. The minimum absolute atomic E-state index is 0.960. The van der Waals surface area contributed by atoms with Gasteiger partial charge in [-0.2, -0.15) is 0 Å². The van der Waals surface area contributed by atoms with E-state index in [0.717, 1.165) is 11.8 Å². The lowest BCUT2D eigenvalue weighted by molar-refractivity contribution is 0.428. The maximum Gasteiger partial charge on any atom is -0.0443 e. The molecule has 2 atom stereocenters. The van der Waals surface area contributed by atoms with Gasteiger partial charge in [-0.1, -0.05) is 195 Å². The third kappa shape index (κ3) is 26.3. The Kier molecular flexibility index (Phi) is 27.2. The summed E-state index contributed by atoms with van der Waals surface area (Å²) in [5.74, 6) is 1.93. The molecule has 0 amide bonds. The molecule has 0 aliphatic carbocycles. The smallest absolute Gasteiger partial charge is 0.0443 e. The van der Waals surface area contributed by atoms with Gasteiger partial charge in [-0.15, -0.1) is 0 Å². The van der Waals surface area contributed by atoms with Crippen molar-refractivity contribution in [2.24, 2.45) is 11.8 Å². The highest BCUT2D eigenvalue weighted by atomic mass is 14.1. The van der Waals surface area contributed by atoms with Crippen molar-refractivity contribution in [1.82, 2.24) is 0 Å². The first-order chi connectivity index (χ1) is 15.7. The van der Waals surface area contributed by atoms with E-state index in [-0.39, 0.29) is 0 Å². The molecule has 0 fully saturated rings. The van der Waals surface area contributed by atoms with Crippen LogP contribution in [-0.4, -0.2) is 0 Å². The topological polar surface area (TPSA) is 0 Å². The summed E-state index contributed by atoms with van der Waals surface area (Å²) in [5, 5.41) is 0. The largest absolute Gasteiger partial charge is 0.0654 e. The van der Waals surface area contributed by atoms with Gasteiger partial charge < -0.3 is 0 Å². The van der Waals surface area contributed by atoms with E-state index in [0.29, 0.717) is 0 Å². The molecule has 0 aromatic rings. The lowest BCUT2D eigenvalue weighted by Crippen LogP contribution is -1.95. The van der Waals surface area contributed by atoms with Gasteiger partial charge in [0.1, 0.15) is 0 Å². The van der Waals surface area contributed by atoms with Crippen LogP contribution < -0.4 is 0 Å². The van der Waals surface area contributed by atoms with E-state index in [1.165, 1.54) is 167 Å². The van der Waals surface area contributed by atoms with Crippen molar-refractivity contribution in [2.75, 3.05) is 0 Å².